The Bertz CT molecular complexity index is 735. The molecule has 4 rings (SSSR count). The molecule has 0 radical (unpaired) electrons. The lowest BCUT2D eigenvalue weighted by Gasteiger charge is -1.95. The Labute approximate surface area is 123 Å². The van der Waals surface area contributed by atoms with E-state index in [2.05, 4.69) is 34.6 Å². The quantitative estimate of drug-likeness (QED) is 0.782. The maximum atomic E-state index is 11.1. The van der Waals surface area contributed by atoms with Crippen molar-refractivity contribution in [2.45, 2.75) is 26.9 Å². The van der Waals surface area contributed by atoms with Gasteiger partial charge in [-0.25, -0.2) is 0 Å². The maximum absolute atomic E-state index is 11.1. The van der Waals surface area contributed by atoms with Crippen molar-refractivity contribution in [2.24, 2.45) is 10.2 Å². The van der Waals surface area contributed by atoms with Crippen LogP contribution in [0, 0.1) is 13.8 Å². The molecule has 2 aromatic carbocycles. The zero-order chi connectivity index (χ0) is 14.8. The summed E-state index contributed by atoms with van der Waals surface area (Å²) in [6.07, 6.45) is 0. The molecule has 0 unspecified atom stereocenters. The van der Waals surface area contributed by atoms with E-state index < -0.39 is 0 Å². The highest BCUT2D eigenvalue weighted by Crippen LogP contribution is 2.26. The van der Waals surface area contributed by atoms with Crippen LogP contribution in [0.15, 0.2) is 46.6 Å². The lowest BCUT2D eigenvalue weighted by atomic mass is 10.1. The molecule has 0 spiro atoms. The van der Waals surface area contributed by atoms with Gasteiger partial charge in [-0.05, 0) is 31.5 Å². The van der Waals surface area contributed by atoms with Crippen LogP contribution in [0.25, 0.3) is 0 Å². The Morgan fingerprint density at radius 1 is 1.00 bits per heavy atom. The first-order valence-electron chi connectivity index (χ1n) is 6.98. The molecule has 0 aromatic heterocycles. The minimum Gasteiger partial charge on any atom is -0.348 e. The summed E-state index contributed by atoms with van der Waals surface area (Å²) in [4.78, 5) is 11.1. The van der Waals surface area contributed by atoms with Gasteiger partial charge in [0, 0.05) is 17.7 Å². The zero-order valence-electron chi connectivity index (χ0n) is 12.2. The summed E-state index contributed by atoms with van der Waals surface area (Å²) in [6.45, 7) is 5.56. The number of nitrogens with zero attached hydrogens (tertiary/aromatic N) is 2. The van der Waals surface area contributed by atoms with Gasteiger partial charge < -0.3 is 5.32 Å². The molecule has 4 nitrogen and oxygen atoms in total. The van der Waals surface area contributed by atoms with Gasteiger partial charge in [0.2, 0.25) is 0 Å². The second-order valence-corrected chi connectivity index (χ2v) is 5.37. The number of aryl methyl sites for hydroxylation is 2. The van der Waals surface area contributed by atoms with Gasteiger partial charge in [0.25, 0.3) is 5.91 Å². The lowest BCUT2D eigenvalue weighted by Crippen LogP contribution is -2.12. The van der Waals surface area contributed by atoms with Crippen LogP contribution in [0.5, 0.6) is 0 Å². The third-order valence-corrected chi connectivity index (χ3v) is 3.60. The lowest BCUT2D eigenvalue weighted by molar-refractivity contribution is 0.0966. The number of carbonyl (C=O) groups is 1. The second-order valence-electron chi connectivity index (χ2n) is 5.37. The highest BCUT2D eigenvalue weighted by Gasteiger charge is 2.17. The molecule has 106 valence electrons. The van der Waals surface area contributed by atoms with E-state index in [0.717, 1.165) is 23.4 Å². The number of hydrogen-bond donors (Lipinski definition) is 1. The van der Waals surface area contributed by atoms with Crippen LogP contribution in [0.1, 0.15) is 32.6 Å². The van der Waals surface area contributed by atoms with Gasteiger partial charge in [-0.1, -0.05) is 35.4 Å². The van der Waals surface area contributed by atoms with E-state index in [1.54, 1.807) is 0 Å². The number of carbonyl (C=O) groups excluding carboxylic acids is 1. The van der Waals surface area contributed by atoms with Crippen molar-refractivity contribution in [3.05, 3.63) is 64.2 Å². The maximum Gasteiger partial charge on any atom is 0.251 e. The molecule has 2 heterocycles. The average Bonchev–Trinajstić information content (AvgIpc) is 3.06. The summed E-state index contributed by atoms with van der Waals surface area (Å²) in [5.41, 5.74) is 6.72. The van der Waals surface area contributed by atoms with Crippen LogP contribution in [0.4, 0.5) is 5.69 Å². The molecule has 0 bridgehead atoms. The highest BCUT2D eigenvalue weighted by molar-refractivity contribution is 5.98. The van der Waals surface area contributed by atoms with E-state index in [1.165, 1.54) is 16.7 Å². The predicted octanol–water partition coefficient (Wildman–Crippen LogP) is 3.83. The second kappa shape index (κ2) is 5.48. The van der Waals surface area contributed by atoms with Gasteiger partial charge in [-0.2, -0.15) is 10.2 Å². The fraction of sp³-hybridized carbons (Fsp3) is 0.235. The number of hydrogen-bond acceptors (Lipinski definition) is 3. The first kappa shape index (κ1) is 13.5. The van der Waals surface area contributed by atoms with Gasteiger partial charge in [-0.15, -0.1) is 0 Å². The molecule has 0 fully saturated rings. The predicted molar refractivity (Wildman–Crippen MR) is 81.7 cm³/mol. The van der Waals surface area contributed by atoms with Crippen molar-refractivity contribution in [1.29, 1.82) is 0 Å². The topological polar surface area (TPSA) is 53.8 Å². The molecule has 1 amide bonds. The summed E-state index contributed by atoms with van der Waals surface area (Å²) in [7, 11) is 0. The Morgan fingerprint density at radius 3 is 2.52 bits per heavy atom. The standard InChI is InChI=1S/C9H9NO.C8H8N2/c1-6-2-3-8-7(4-6)5-10-9(8)11;1-6-2-3-8-7(4-6)5-9-10-8/h2-4H,5H2,1H3,(H,10,11);2-4H,5H2,1H3. The van der Waals surface area contributed by atoms with E-state index in [-0.39, 0.29) is 5.91 Å². The van der Waals surface area contributed by atoms with Gasteiger partial charge in [0.1, 0.15) is 0 Å². The normalized spacial score (nSPS) is 14.1. The highest BCUT2D eigenvalue weighted by atomic mass is 16.1. The third kappa shape index (κ3) is 2.84. The zero-order valence-corrected chi connectivity index (χ0v) is 12.2. The van der Waals surface area contributed by atoms with Crippen LogP contribution in [-0.2, 0) is 13.1 Å². The third-order valence-electron chi connectivity index (χ3n) is 3.60. The number of nitrogens with one attached hydrogen (secondary N) is 1. The first-order valence-corrected chi connectivity index (χ1v) is 6.98. The number of amides is 1. The molecule has 2 aliphatic rings. The van der Waals surface area contributed by atoms with Gasteiger partial charge in [-0.3, -0.25) is 4.79 Å². The fourth-order valence-electron chi connectivity index (χ4n) is 2.49. The van der Waals surface area contributed by atoms with Crippen LogP contribution < -0.4 is 5.32 Å². The minimum atomic E-state index is 0.0556. The van der Waals surface area contributed by atoms with Crippen molar-refractivity contribution >= 4 is 11.6 Å². The van der Waals surface area contributed by atoms with Crippen molar-refractivity contribution in [3.8, 4) is 0 Å². The largest absolute Gasteiger partial charge is 0.348 e. The van der Waals surface area contributed by atoms with E-state index in [1.807, 2.05) is 31.2 Å². The average molecular weight is 279 g/mol. The van der Waals surface area contributed by atoms with E-state index in [0.29, 0.717) is 6.54 Å². The summed E-state index contributed by atoms with van der Waals surface area (Å²) in [6, 6.07) is 12.1. The Morgan fingerprint density at radius 2 is 1.71 bits per heavy atom. The fourth-order valence-corrected chi connectivity index (χ4v) is 2.49. The molecule has 2 aliphatic heterocycles. The van der Waals surface area contributed by atoms with Gasteiger partial charge >= 0.3 is 0 Å². The molecule has 0 aliphatic carbocycles. The van der Waals surface area contributed by atoms with Crippen LogP contribution in [0.2, 0.25) is 0 Å². The van der Waals surface area contributed by atoms with E-state index in [4.69, 9.17) is 0 Å². The molecule has 0 atom stereocenters. The van der Waals surface area contributed by atoms with Crippen molar-refractivity contribution in [1.82, 2.24) is 5.32 Å². The van der Waals surface area contributed by atoms with E-state index in [9.17, 15) is 4.79 Å². The minimum absolute atomic E-state index is 0.0556. The Balaban J connectivity index is 0.000000126. The summed E-state index contributed by atoms with van der Waals surface area (Å²) < 4.78 is 0. The van der Waals surface area contributed by atoms with Crippen molar-refractivity contribution in [3.63, 3.8) is 0 Å². The van der Waals surface area contributed by atoms with Crippen LogP contribution in [-0.4, -0.2) is 5.91 Å². The van der Waals surface area contributed by atoms with Crippen molar-refractivity contribution < 1.29 is 4.79 Å². The molecule has 2 aromatic rings. The summed E-state index contributed by atoms with van der Waals surface area (Å²) in [5.74, 6) is 0.0556. The molecule has 1 N–H and O–H groups in total. The summed E-state index contributed by atoms with van der Waals surface area (Å²) >= 11 is 0. The summed E-state index contributed by atoms with van der Waals surface area (Å²) in [5, 5.41) is 10.7. The molecular weight excluding hydrogens is 262 g/mol. The van der Waals surface area contributed by atoms with Crippen LogP contribution >= 0.6 is 0 Å². The van der Waals surface area contributed by atoms with Gasteiger partial charge in [0.05, 0.1) is 12.2 Å². The van der Waals surface area contributed by atoms with Crippen molar-refractivity contribution in [2.75, 3.05) is 0 Å². The molecular formula is C17H17N3O. The van der Waals surface area contributed by atoms with Gasteiger partial charge in [0.15, 0.2) is 0 Å². The molecule has 21 heavy (non-hydrogen) atoms. The molecule has 4 heteroatoms. The number of benzene rings is 2. The molecule has 0 saturated carbocycles. The van der Waals surface area contributed by atoms with E-state index >= 15 is 0 Å². The molecule has 0 saturated heterocycles. The monoisotopic (exact) mass is 279 g/mol. The number of fused-ring (bicyclic) bond motifs is 2. The Kier molecular flexibility index (Phi) is 3.52. The van der Waals surface area contributed by atoms with Crippen LogP contribution in [0.3, 0.4) is 0 Å². The first-order chi connectivity index (χ1) is 10.1. The number of azo groups is 1. The number of rotatable bonds is 0. The Hall–Kier alpha value is -2.49. The smallest absolute Gasteiger partial charge is 0.251 e. The SMILES string of the molecule is Cc1ccc2c(c1)CN=N2.Cc1ccc2c(c1)CNC2=O.